The Labute approximate surface area is 180 Å². The summed E-state index contributed by atoms with van der Waals surface area (Å²) in [6, 6.07) is 0. The molecule has 0 radical (unpaired) electrons. The standard InChI is InChI=1S/C25H38O5/c1-30-24(29)11-5-3-2-4-8-19-20(22(27)16-21(19)26)9-6-10-23(28)25(14-7-15-25)17-18-12-13-18/h2,4,6,9,18-20,22-23,27-28H,3,5,7-8,10-17H2,1H3/t19-,20-,22-,23?/m1/s1. The number of methoxy groups -OCH3 is 1. The molecule has 0 heterocycles. The van der Waals surface area contributed by atoms with Gasteiger partial charge in [-0.1, -0.05) is 43.6 Å². The van der Waals surface area contributed by atoms with Gasteiger partial charge in [0.15, 0.2) is 0 Å². The van der Waals surface area contributed by atoms with E-state index in [4.69, 9.17) is 0 Å². The van der Waals surface area contributed by atoms with Crippen molar-refractivity contribution in [3.63, 3.8) is 0 Å². The van der Waals surface area contributed by atoms with E-state index in [-0.39, 0.29) is 41.5 Å². The molecule has 3 saturated carbocycles. The summed E-state index contributed by atoms with van der Waals surface area (Å²) < 4.78 is 4.62. The first-order valence-electron chi connectivity index (χ1n) is 11.7. The summed E-state index contributed by atoms with van der Waals surface area (Å²) in [7, 11) is 1.39. The van der Waals surface area contributed by atoms with Crippen molar-refractivity contribution in [1.82, 2.24) is 0 Å². The van der Waals surface area contributed by atoms with E-state index < -0.39 is 6.10 Å². The number of ether oxygens (including phenoxy) is 1. The first-order chi connectivity index (χ1) is 14.4. The van der Waals surface area contributed by atoms with Crippen LogP contribution in [0.5, 0.6) is 0 Å². The summed E-state index contributed by atoms with van der Waals surface area (Å²) in [6.45, 7) is 0. The highest BCUT2D eigenvalue weighted by Gasteiger charge is 2.46. The number of unbranched alkanes of at least 4 members (excludes halogenated alkanes) is 1. The molecule has 3 aliphatic carbocycles. The monoisotopic (exact) mass is 418 g/mol. The first kappa shape index (κ1) is 23.2. The lowest BCUT2D eigenvalue weighted by Crippen LogP contribution is -2.41. The van der Waals surface area contributed by atoms with Crippen LogP contribution < -0.4 is 0 Å². The second kappa shape index (κ2) is 10.7. The van der Waals surface area contributed by atoms with Gasteiger partial charge in [0, 0.05) is 24.7 Å². The average Bonchev–Trinajstić information content (AvgIpc) is 3.47. The zero-order valence-corrected chi connectivity index (χ0v) is 18.3. The number of carbonyl (C=O) groups excluding carboxylic acids is 2. The molecule has 0 saturated heterocycles. The van der Waals surface area contributed by atoms with Gasteiger partial charge in [-0.2, -0.15) is 0 Å². The minimum Gasteiger partial charge on any atom is -0.469 e. The van der Waals surface area contributed by atoms with Crippen molar-refractivity contribution in [3.8, 4) is 0 Å². The molecule has 0 aromatic rings. The molecule has 0 spiro atoms. The largest absolute Gasteiger partial charge is 0.469 e. The molecule has 4 atom stereocenters. The summed E-state index contributed by atoms with van der Waals surface area (Å²) in [6.07, 6.45) is 17.6. The second-order valence-corrected chi connectivity index (χ2v) is 9.64. The highest BCUT2D eigenvalue weighted by atomic mass is 16.5. The second-order valence-electron chi connectivity index (χ2n) is 9.64. The number of carbonyl (C=O) groups is 2. The number of esters is 1. The maximum absolute atomic E-state index is 12.3. The van der Waals surface area contributed by atoms with Crippen molar-refractivity contribution in [3.05, 3.63) is 24.3 Å². The van der Waals surface area contributed by atoms with Crippen LogP contribution in [0.4, 0.5) is 0 Å². The van der Waals surface area contributed by atoms with Crippen molar-refractivity contribution in [2.24, 2.45) is 23.2 Å². The predicted molar refractivity (Wildman–Crippen MR) is 116 cm³/mol. The third-order valence-electron chi connectivity index (χ3n) is 7.43. The van der Waals surface area contributed by atoms with E-state index in [1.54, 1.807) is 0 Å². The zero-order valence-electron chi connectivity index (χ0n) is 18.3. The van der Waals surface area contributed by atoms with Crippen LogP contribution >= 0.6 is 0 Å². The summed E-state index contributed by atoms with van der Waals surface area (Å²) in [5.74, 6) is 0.355. The van der Waals surface area contributed by atoms with E-state index >= 15 is 0 Å². The number of ketones is 1. The van der Waals surface area contributed by atoms with Gasteiger partial charge in [0.2, 0.25) is 0 Å². The van der Waals surface area contributed by atoms with Crippen LogP contribution in [0.2, 0.25) is 0 Å². The van der Waals surface area contributed by atoms with Gasteiger partial charge in [-0.15, -0.1) is 0 Å². The van der Waals surface area contributed by atoms with Gasteiger partial charge in [-0.3, -0.25) is 9.59 Å². The molecule has 0 bridgehead atoms. The van der Waals surface area contributed by atoms with Gasteiger partial charge in [0.1, 0.15) is 5.78 Å². The average molecular weight is 419 g/mol. The van der Waals surface area contributed by atoms with Crippen molar-refractivity contribution in [2.75, 3.05) is 7.11 Å². The molecule has 0 aromatic heterocycles. The Morgan fingerprint density at radius 3 is 2.67 bits per heavy atom. The minimum absolute atomic E-state index is 0.112. The predicted octanol–water partition coefficient (Wildman–Crippen LogP) is 4.12. The molecule has 5 heteroatoms. The van der Waals surface area contributed by atoms with E-state index in [1.165, 1.54) is 26.4 Å². The smallest absolute Gasteiger partial charge is 0.305 e. The topological polar surface area (TPSA) is 83.8 Å². The Bertz CT molecular complexity index is 644. The lowest BCUT2D eigenvalue weighted by atomic mass is 9.61. The number of Topliss-reactive ketones (excluding diaryl/α,β-unsaturated/α-hetero) is 1. The van der Waals surface area contributed by atoms with Crippen molar-refractivity contribution in [2.45, 2.75) is 89.3 Å². The fourth-order valence-corrected chi connectivity index (χ4v) is 5.17. The first-order valence-corrected chi connectivity index (χ1v) is 11.7. The molecular weight excluding hydrogens is 380 g/mol. The highest BCUT2D eigenvalue weighted by molar-refractivity contribution is 5.84. The quantitative estimate of drug-likeness (QED) is 0.283. The van der Waals surface area contributed by atoms with E-state index in [0.717, 1.165) is 38.0 Å². The molecule has 168 valence electrons. The number of hydrogen-bond acceptors (Lipinski definition) is 5. The van der Waals surface area contributed by atoms with Crippen molar-refractivity contribution < 1.29 is 24.5 Å². The molecule has 2 N–H and O–H groups in total. The van der Waals surface area contributed by atoms with Gasteiger partial charge in [0.05, 0.1) is 19.3 Å². The molecule has 30 heavy (non-hydrogen) atoms. The molecule has 0 aromatic carbocycles. The molecule has 0 amide bonds. The van der Waals surface area contributed by atoms with Gasteiger partial charge in [-0.05, 0) is 56.3 Å². The molecule has 3 aliphatic rings. The van der Waals surface area contributed by atoms with Crippen LogP contribution in [-0.4, -0.2) is 41.3 Å². The molecule has 3 fully saturated rings. The molecule has 3 rings (SSSR count). The normalized spacial score (nSPS) is 29.4. The lowest BCUT2D eigenvalue weighted by molar-refractivity contribution is -0.140. The van der Waals surface area contributed by atoms with E-state index in [9.17, 15) is 19.8 Å². The van der Waals surface area contributed by atoms with E-state index in [2.05, 4.69) is 4.74 Å². The Kier molecular flexibility index (Phi) is 8.29. The fraction of sp³-hybridized carbons (Fsp3) is 0.760. The third kappa shape index (κ3) is 6.04. The van der Waals surface area contributed by atoms with Gasteiger partial charge in [0.25, 0.3) is 0 Å². The van der Waals surface area contributed by atoms with E-state index in [0.29, 0.717) is 19.3 Å². The Morgan fingerprint density at radius 2 is 2.03 bits per heavy atom. The number of hydrogen-bond donors (Lipinski definition) is 2. The third-order valence-corrected chi connectivity index (χ3v) is 7.43. The van der Waals surface area contributed by atoms with Crippen LogP contribution in [0.3, 0.4) is 0 Å². The van der Waals surface area contributed by atoms with Crippen LogP contribution in [0.1, 0.15) is 77.0 Å². The lowest BCUT2D eigenvalue weighted by Gasteiger charge is -2.46. The summed E-state index contributed by atoms with van der Waals surface area (Å²) >= 11 is 0. The summed E-state index contributed by atoms with van der Waals surface area (Å²) in [5, 5.41) is 21.2. The van der Waals surface area contributed by atoms with Gasteiger partial charge in [-0.25, -0.2) is 0 Å². The number of rotatable bonds is 12. The Hall–Kier alpha value is -1.46. The maximum atomic E-state index is 12.3. The Morgan fingerprint density at radius 1 is 1.27 bits per heavy atom. The van der Waals surface area contributed by atoms with Crippen molar-refractivity contribution >= 4 is 11.8 Å². The number of allylic oxidation sites excluding steroid dienone is 2. The molecule has 1 unspecified atom stereocenters. The molecular formula is C25H38O5. The van der Waals surface area contributed by atoms with Crippen LogP contribution in [-0.2, 0) is 14.3 Å². The SMILES string of the molecule is COC(=O)CCCC=CC[C@H]1C(=O)C[C@@H](O)[C@@H]1C=CCC(O)C1(CC2CC2)CCC1. The Balaban J connectivity index is 1.46. The maximum Gasteiger partial charge on any atom is 0.305 e. The van der Waals surface area contributed by atoms with Crippen LogP contribution in [0, 0.1) is 23.2 Å². The zero-order chi connectivity index (χ0) is 21.6. The van der Waals surface area contributed by atoms with Crippen LogP contribution in [0.15, 0.2) is 24.3 Å². The van der Waals surface area contributed by atoms with Gasteiger partial charge < -0.3 is 14.9 Å². The molecule has 5 nitrogen and oxygen atoms in total. The number of aliphatic hydroxyl groups is 2. The van der Waals surface area contributed by atoms with Crippen molar-refractivity contribution in [1.29, 1.82) is 0 Å². The van der Waals surface area contributed by atoms with Crippen LogP contribution in [0.25, 0.3) is 0 Å². The van der Waals surface area contributed by atoms with E-state index in [1.807, 2.05) is 24.3 Å². The fourth-order valence-electron chi connectivity index (χ4n) is 5.17. The summed E-state index contributed by atoms with van der Waals surface area (Å²) in [4.78, 5) is 23.5. The van der Waals surface area contributed by atoms with Gasteiger partial charge >= 0.3 is 5.97 Å². The highest BCUT2D eigenvalue weighted by Crippen LogP contribution is 2.53. The number of aliphatic hydroxyl groups excluding tert-OH is 2. The summed E-state index contributed by atoms with van der Waals surface area (Å²) in [5.41, 5.74) is 0.113. The minimum atomic E-state index is -0.632. The molecule has 0 aliphatic heterocycles.